The molecule has 0 saturated carbocycles. The predicted molar refractivity (Wildman–Crippen MR) is 79.9 cm³/mol. The maximum atomic E-state index is 12.1. The van der Waals surface area contributed by atoms with Crippen LogP contribution in [0.4, 0.5) is 5.69 Å². The van der Waals surface area contributed by atoms with Crippen molar-refractivity contribution in [3.05, 3.63) is 45.9 Å². The molecule has 4 nitrogen and oxygen atoms in total. The van der Waals surface area contributed by atoms with Crippen LogP contribution in [-0.4, -0.2) is 10.9 Å². The van der Waals surface area contributed by atoms with Gasteiger partial charge in [0.15, 0.2) is 0 Å². The van der Waals surface area contributed by atoms with Gasteiger partial charge < -0.3 is 5.32 Å². The molecule has 5 heteroatoms. The average molecular weight is 285 g/mol. The lowest BCUT2D eigenvalue weighted by Gasteiger charge is -2.13. The largest absolute Gasteiger partial charge is 0.321 e. The number of nitrogens with one attached hydrogen (secondary N) is 1. The van der Waals surface area contributed by atoms with E-state index in [4.69, 9.17) is 5.26 Å². The summed E-state index contributed by atoms with van der Waals surface area (Å²) in [6, 6.07) is 8.80. The molecule has 102 valence electrons. The second-order valence-electron chi connectivity index (χ2n) is 5.42. The van der Waals surface area contributed by atoms with E-state index >= 15 is 0 Å². The monoisotopic (exact) mass is 285 g/mol. The first-order valence-corrected chi connectivity index (χ1v) is 6.99. The molecular formula is C15H15N3OS. The number of carbonyl (C=O) groups excluding carboxylic acids is 1. The van der Waals surface area contributed by atoms with Gasteiger partial charge >= 0.3 is 0 Å². The SMILES string of the molecule is CC(C)(C)c1ncc(C(=O)Nc2ccc(C#N)cc2)s1. The van der Waals surface area contributed by atoms with Crippen molar-refractivity contribution in [1.82, 2.24) is 4.98 Å². The molecule has 0 aliphatic carbocycles. The molecule has 0 aliphatic rings. The Kier molecular flexibility index (Phi) is 3.86. The van der Waals surface area contributed by atoms with Crippen molar-refractivity contribution in [1.29, 1.82) is 5.26 Å². The molecule has 2 rings (SSSR count). The number of nitriles is 1. The first-order valence-electron chi connectivity index (χ1n) is 6.18. The normalized spacial score (nSPS) is 10.9. The summed E-state index contributed by atoms with van der Waals surface area (Å²) in [5.41, 5.74) is 1.17. The zero-order valence-corrected chi connectivity index (χ0v) is 12.4. The summed E-state index contributed by atoms with van der Waals surface area (Å²) < 4.78 is 0. The van der Waals surface area contributed by atoms with Crippen molar-refractivity contribution in [3.8, 4) is 6.07 Å². The van der Waals surface area contributed by atoms with Crippen LogP contribution < -0.4 is 5.32 Å². The molecule has 0 saturated heterocycles. The minimum atomic E-state index is -0.178. The third kappa shape index (κ3) is 3.22. The molecule has 0 radical (unpaired) electrons. The summed E-state index contributed by atoms with van der Waals surface area (Å²) in [7, 11) is 0. The van der Waals surface area contributed by atoms with Crippen molar-refractivity contribution < 1.29 is 4.79 Å². The third-order valence-corrected chi connectivity index (χ3v) is 4.06. The molecule has 0 unspecified atom stereocenters. The molecule has 0 atom stereocenters. The molecule has 0 aliphatic heterocycles. The number of amides is 1. The summed E-state index contributed by atoms with van der Waals surface area (Å²) in [6.07, 6.45) is 1.60. The Labute approximate surface area is 122 Å². The van der Waals surface area contributed by atoms with Crippen LogP contribution in [-0.2, 0) is 5.41 Å². The Morgan fingerprint density at radius 1 is 1.30 bits per heavy atom. The van der Waals surface area contributed by atoms with Crippen molar-refractivity contribution in [3.63, 3.8) is 0 Å². The van der Waals surface area contributed by atoms with E-state index in [1.807, 2.05) is 6.07 Å². The Hall–Kier alpha value is -2.19. The first-order chi connectivity index (χ1) is 9.40. The molecule has 2 aromatic rings. The van der Waals surface area contributed by atoms with E-state index in [-0.39, 0.29) is 11.3 Å². The van der Waals surface area contributed by atoms with Crippen molar-refractivity contribution >= 4 is 22.9 Å². The smallest absolute Gasteiger partial charge is 0.267 e. The number of thiazole rings is 1. The standard InChI is InChI=1S/C15H15N3OS/c1-15(2,3)14-17-9-12(20-14)13(19)18-11-6-4-10(8-16)5-7-11/h4-7,9H,1-3H3,(H,18,19). The first kappa shape index (κ1) is 14.2. The van der Waals surface area contributed by atoms with E-state index in [0.717, 1.165) is 5.01 Å². The van der Waals surface area contributed by atoms with Gasteiger partial charge in [-0.2, -0.15) is 5.26 Å². The third-order valence-electron chi connectivity index (χ3n) is 2.64. The molecule has 1 amide bonds. The molecule has 0 spiro atoms. The number of aromatic nitrogens is 1. The second-order valence-corrected chi connectivity index (χ2v) is 6.45. The number of rotatable bonds is 2. The number of hydrogen-bond donors (Lipinski definition) is 1. The van der Waals surface area contributed by atoms with Gasteiger partial charge in [-0.25, -0.2) is 4.98 Å². The molecular weight excluding hydrogens is 270 g/mol. The Morgan fingerprint density at radius 2 is 1.95 bits per heavy atom. The zero-order chi connectivity index (χ0) is 14.8. The van der Waals surface area contributed by atoms with E-state index in [1.54, 1.807) is 30.5 Å². The van der Waals surface area contributed by atoms with Gasteiger partial charge in [-0.1, -0.05) is 20.8 Å². The van der Waals surface area contributed by atoms with Gasteiger partial charge in [0, 0.05) is 11.1 Å². The Bertz CT molecular complexity index is 660. The van der Waals surface area contributed by atoms with Gasteiger partial charge in [0.2, 0.25) is 0 Å². The molecule has 1 heterocycles. The molecule has 20 heavy (non-hydrogen) atoms. The Morgan fingerprint density at radius 3 is 2.45 bits per heavy atom. The summed E-state index contributed by atoms with van der Waals surface area (Å²) in [5.74, 6) is -0.178. The molecule has 1 aromatic heterocycles. The summed E-state index contributed by atoms with van der Waals surface area (Å²) in [6.45, 7) is 6.19. The maximum absolute atomic E-state index is 12.1. The average Bonchev–Trinajstić information content (AvgIpc) is 2.89. The van der Waals surface area contributed by atoms with Gasteiger partial charge in [-0.3, -0.25) is 4.79 Å². The van der Waals surface area contributed by atoms with Gasteiger partial charge in [0.25, 0.3) is 5.91 Å². The van der Waals surface area contributed by atoms with Crippen LogP contribution in [0.1, 0.15) is 41.0 Å². The van der Waals surface area contributed by atoms with E-state index in [9.17, 15) is 4.79 Å². The highest BCUT2D eigenvalue weighted by Crippen LogP contribution is 2.27. The van der Waals surface area contributed by atoms with E-state index in [1.165, 1.54) is 11.3 Å². The van der Waals surface area contributed by atoms with Crippen molar-refractivity contribution in [2.75, 3.05) is 5.32 Å². The summed E-state index contributed by atoms with van der Waals surface area (Å²) in [4.78, 5) is 17.0. The van der Waals surface area contributed by atoms with Gasteiger partial charge in [-0.05, 0) is 24.3 Å². The Balaban J connectivity index is 2.12. The summed E-state index contributed by atoms with van der Waals surface area (Å²) >= 11 is 1.40. The fraction of sp³-hybridized carbons (Fsp3) is 0.267. The van der Waals surface area contributed by atoms with Gasteiger partial charge in [0.1, 0.15) is 4.88 Å². The minimum Gasteiger partial charge on any atom is -0.321 e. The number of nitrogens with zero attached hydrogens (tertiary/aromatic N) is 2. The predicted octanol–water partition coefficient (Wildman–Crippen LogP) is 3.56. The number of benzene rings is 1. The van der Waals surface area contributed by atoms with Crippen LogP contribution in [0.25, 0.3) is 0 Å². The maximum Gasteiger partial charge on any atom is 0.267 e. The molecule has 1 aromatic carbocycles. The minimum absolute atomic E-state index is 0.0579. The van der Waals surface area contributed by atoms with E-state index < -0.39 is 0 Å². The zero-order valence-electron chi connectivity index (χ0n) is 11.6. The fourth-order valence-electron chi connectivity index (χ4n) is 1.55. The second kappa shape index (κ2) is 5.43. The topological polar surface area (TPSA) is 65.8 Å². The van der Waals surface area contributed by atoms with Crippen LogP contribution in [0.5, 0.6) is 0 Å². The highest BCUT2D eigenvalue weighted by atomic mass is 32.1. The lowest BCUT2D eigenvalue weighted by molar-refractivity contribution is 0.103. The highest BCUT2D eigenvalue weighted by molar-refractivity contribution is 7.13. The van der Waals surface area contributed by atoms with Crippen molar-refractivity contribution in [2.45, 2.75) is 26.2 Å². The number of carbonyl (C=O) groups is 1. The fourth-order valence-corrected chi connectivity index (χ4v) is 2.42. The van der Waals surface area contributed by atoms with Crippen LogP contribution >= 0.6 is 11.3 Å². The summed E-state index contributed by atoms with van der Waals surface area (Å²) in [5, 5.41) is 12.5. The van der Waals surface area contributed by atoms with Gasteiger partial charge in [-0.15, -0.1) is 11.3 Å². The highest BCUT2D eigenvalue weighted by Gasteiger charge is 2.20. The molecule has 0 bridgehead atoms. The van der Waals surface area contributed by atoms with Crippen LogP contribution in [0.15, 0.2) is 30.5 Å². The van der Waals surface area contributed by atoms with Crippen LogP contribution in [0.3, 0.4) is 0 Å². The number of hydrogen-bond acceptors (Lipinski definition) is 4. The lowest BCUT2D eigenvalue weighted by atomic mass is 9.98. The van der Waals surface area contributed by atoms with E-state index in [2.05, 4.69) is 31.1 Å². The van der Waals surface area contributed by atoms with Crippen molar-refractivity contribution in [2.24, 2.45) is 0 Å². The quantitative estimate of drug-likeness (QED) is 0.917. The molecule has 1 N–H and O–H groups in total. The lowest BCUT2D eigenvalue weighted by Crippen LogP contribution is -2.11. The number of anilines is 1. The molecule has 0 fully saturated rings. The van der Waals surface area contributed by atoms with E-state index in [0.29, 0.717) is 16.1 Å². The van der Waals surface area contributed by atoms with Gasteiger partial charge in [0.05, 0.1) is 22.8 Å². The van der Waals surface area contributed by atoms with Crippen LogP contribution in [0, 0.1) is 11.3 Å². The van der Waals surface area contributed by atoms with Crippen LogP contribution in [0.2, 0.25) is 0 Å².